The third kappa shape index (κ3) is 2.74. The molecule has 0 aromatic carbocycles. The van der Waals surface area contributed by atoms with Crippen LogP contribution in [0.3, 0.4) is 0 Å². The van der Waals surface area contributed by atoms with Crippen molar-refractivity contribution >= 4 is 9.84 Å². The largest absolute Gasteiger partial charge is 0.501 e. The third-order valence-electron chi connectivity index (χ3n) is 3.14. The molecule has 1 saturated heterocycles. The molecule has 3 nitrogen and oxygen atoms in total. The molecule has 1 aliphatic heterocycles. The van der Waals surface area contributed by atoms with Gasteiger partial charge in [-0.25, -0.2) is 8.42 Å². The van der Waals surface area contributed by atoms with E-state index < -0.39 is 9.84 Å². The number of rotatable bonds is 4. The lowest BCUT2D eigenvalue weighted by molar-refractivity contribution is 0.0932. The first-order valence-corrected chi connectivity index (χ1v) is 6.79. The molecule has 1 rings (SSSR count). The topological polar surface area (TPSA) is 43.4 Å². The fourth-order valence-corrected chi connectivity index (χ4v) is 3.50. The zero-order valence-electron chi connectivity index (χ0n) is 8.66. The number of ether oxygens (including phenoxy) is 1. The highest BCUT2D eigenvalue weighted by Crippen LogP contribution is 2.36. The molecule has 4 heteroatoms. The van der Waals surface area contributed by atoms with Crippen LogP contribution < -0.4 is 0 Å². The molecule has 0 amide bonds. The van der Waals surface area contributed by atoms with Gasteiger partial charge in [0.2, 0.25) is 0 Å². The molecule has 1 heterocycles. The van der Waals surface area contributed by atoms with Crippen molar-refractivity contribution in [2.24, 2.45) is 5.41 Å². The zero-order chi connectivity index (χ0) is 10.7. The van der Waals surface area contributed by atoms with Crippen molar-refractivity contribution in [2.75, 3.05) is 18.1 Å². The molecule has 0 atom stereocenters. The van der Waals surface area contributed by atoms with Crippen LogP contribution in [0.5, 0.6) is 0 Å². The van der Waals surface area contributed by atoms with Gasteiger partial charge in [0.05, 0.1) is 24.4 Å². The molecule has 0 aromatic heterocycles. The lowest BCUT2D eigenvalue weighted by atomic mass is 9.80. The van der Waals surface area contributed by atoms with E-state index in [0.29, 0.717) is 18.1 Å². The molecule has 0 saturated carbocycles. The lowest BCUT2D eigenvalue weighted by Crippen LogP contribution is -2.36. The quantitative estimate of drug-likeness (QED) is 0.675. The van der Waals surface area contributed by atoms with Crippen LogP contribution >= 0.6 is 0 Å². The maximum Gasteiger partial charge on any atom is 0.150 e. The van der Waals surface area contributed by atoms with E-state index in [-0.39, 0.29) is 5.41 Å². The van der Waals surface area contributed by atoms with Gasteiger partial charge < -0.3 is 4.74 Å². The molecule has 0 N–H and O–H groups in total. The van der Waals surface area contributed by atoms with Crippen LogP contribution in [0.15, 0.2) is 12.8 Å². The smallest absolute Gasteiger partial charge is 0.150 e. The predicted molar refractivity (Wildman–Crippen MR) is 56.8 cm³/mol. The van der Waals surface area contributed by atoms with E-state index in [2.05, 4.69) is 13.5 Å². The second kappa shape index (κ2) is 4.34. The molecule has 14 heavy (non-hydrogen) atoms. The van der Waals surface area contributed by atoms with Crippen molar-refractivity contribution in [1.29, 1.82) is 0 Å². The predicted octanol–water partition coefficient (Wildman–Crippen LogP) is 1.75. The molecule has 0 bridgehead atoms. The first-order chi connectivity index (χ1) is 6.54. The maximum absolute atomic E-state index is 11.3. The molecule has 0 spiro atoms. The van der Waals surface area contributed by atoms with E-state index >= 15 is 0 Å². The van der Waals surface area contributed by atoms with Crippen LogP contribution in [0.1, 0.15) is 26.2 Å². The Hall–Kier alpha value is -0.510. The normalized spacial score (nSPS) is 24.1. The fraction of sp³-hybridized carbons (Fsp3) is 0.800. The minimum absolute atomic E-state index is 0.0551. The molecular formula is C10H18O3S. The van der Waals surface area contributed by atoms with Crippen LogP contribution in [0.2, 0.25) is 0 Å². The molecule has 82 valence electrons. The molecule has 0 unspecified atom stereocenters. The first kappa shape index (κ1) is 11.6. The summed E-state index contributed by atoms with van der Waals surface area (Å²) in [6.45, 7) is 6.19. The van der Waals surface area contributed by atoms with Gasteiger partial charge in [0.25, 0.3) is 0 Å². The van der Waals surface area contributed by atoms with Crippen LogP contribution in [0.25, 0.3) is 0 Å². The van der Waals surface area contributed by atoms with Gasteiger partial charge in [-0.3, -0.25) is 0 Å². The Labute approximate surface area is 86.1 Å². The standard InChI is InChI=1S/C10H18O3S/c1-3-10(9-13-4-2)5-7-14(11,12)8-6-10/h4H,2-3,5-9H2,1H3. The Bertz CT molecular complexity index is 278. The third-order valence-corrected chi connectivity index (χ3v) is 4.80. The Balaban J connectivity index is 2.60. The highest BCUT2D eigenvalue weighted by atomic mass is 32.2. The second-order valence-electron chi connectivity index (χ2n) is 3.98. The molecular weight excluding hydrogens is 200 g/mol. The van der Waals surface area contributed by atoms with Crippen molar-refractivity contribution in [2.45, 2.75) is 26.2 Å². The first-order valence-electron chi connectivity index (χ1n) is 4.96. The summed E-state index contributed by atoms with van der Waals surface area (Å²) < 4.78 is 27.7. The molecule has 0 aliphatic carbocycles. The summed E-state index contributed by atoms with van der Waals surface area (Å²) in [5.74, 6) is 0.614. The average Bonchev–Trinajstić information content (AvgIpc) is 2.18. The van der Waals surface area contributed by atoms with Gasteiger partial charge >= 0.3 is 0 Å². The van der Waals surface area contributed by atoms with Crippen molar-refractivity contribution in [3.8, 4) is 0 Å². The van der Waals surface area contributed by atoms with E-state index in [4.69, 9.17) is 4.74 Å². The SMILES string of the molecule is C=COCC1(CC)CCS(=O)(=O)CC1. The monoisotopic (exact) mass is 218 g/mol. The Kier molecular flexibility index (Phi) is 3.59. The Morgan fingerprint density at radius 2 is 2.00 bits per heavy atom. The minimum atomic E-state index is -2.77. The maximum atomic E-state index is 11.3. The van der Waals surface area contributed by atoms with Gasteiger partial charge in [0.15, 0.2) is 0 Å². The van der Waals surface area contributed by atoms with Crippen molar-refractivity contribution in [3.05, 3.63) is 12.8 Å². The summed E-state index contributed by atoms with van der Waals surface area (Å²) in [5, 5.41) is 0. The summed E-state index contributed by atoms with van der Waals surface area (Å²) in [5.41, 5.74) is 0.0551. The van der Waals surface area contributed by atoms with E-state index in [9.17, 15) is 8.42 Å². The van der Waals surface area contributed by atoms with Crippen LogP contribution in [-0.2, 0) is 14.6 Å². The summed E-state index contributed by atoms with van der Waals surface area (Å²) >= 11 is 0. The van der Waals surface area contributed by atoms with Gasteiger partial charge in [-0.05, 0) is 19.3 Å². The zero-order valence-corrected chi connectivity index (χ0v) is 9.48. The summed E-state index contributed by atoms with van der Waals surface area (Å²) in [7, 11) is -2.77. The van der Waals surface area contributed by atoms with E-state index in [0.717, 1.165) is 19.3 Å². The molecule has 1 aliphatic rings. The van der Waals surface area contributed by atoms with E-state index in [1.165, 1.54) is 6.26 Å². The average molecular weight is 218 g/mol. The number of hydrogen-bond donors (Lipinski definition) is 0. The van der Waals surface area contributed by atoms with Gasteiger partial charge in [0.1, 0.15) is 9.84 Å². The minimum Gasteiger partial charge on any atom is -0.501 e. The highest BCUT2D eigenvalue weighted by Gasteiger charge is 2.36. The summed E-state index contributed by atoms with van der Waals surface area (Å²) in [6.07, 6.45) is 3.84. The summed E-state index contributed by atoms with van der Waals surface area (Å²) in [4.78, 5) is 0. The Morgan fingerprint density at radius 3 is 2.43 bits per heavy atom. The lowest BCUT2D eigenvalue weighted by Gasteiger charge is -2.35. The van der Waals surface area contributed by atoms with Gasteiger partial charge in [-0.15, -0.1) is 0 Å². The molecule has 0 aromatic rings. The van der Waals surface area contributed by atoms with E-state index in [1.807, 2.05) is 0 Å². The summed E-state index contributed by atoms with van der Waals surface area (Å²) in [6, 6.07) is 0. The van der Waals surface area contributed by atoms with Gasteiger partial charge in [0, 0.05) is 5.41 Å². The number of sulfone groups is 1. The Morgan fingerprint density at radius 1 is 1.43 bits per heavy atom. The van der Waals surface area contributed by atoms with Crippen LogP contribution in [-0.4, -0.2) is 26.5 Å². The van der Waals surface area contributed by atoms with Crippen molar-refractivity contribution in [1.82, 2.24) is 0 Å². The van der Waals surface area contributed by atoms with Gasteiger partial charge in [-0.2, -0.15) is 0 Å². The van der Waals surface area contributed by atoms with Crippen molar-refractivity contribution < 1.29 is 13.2 Å². The second-order valence-corrected chi connectivity index (χ2v) is 6.29. The van der Waals surface area contributed by atoms with Gasteiger partial charge in [-0.1, -0.05) is 13.5 Å². The van der Waals surface area contributed by atoms with Crippen LogP contribution in [0, 0.1) is 5.41 Å². The van der Waals surface area contributed by atoms with E-state index in [1.54, 1.807) is 0 Å². The highest BCUT2D eigenvalue weighted by molar-refractivity contribution is 7.91. The van der Waals surface area contributed by atoms with Crippen LogP contribution in [0.4, 0.5) is 0 Å². The molecule has 0 radical (unpaired) electrons. The van der Waals surface area contributed by atoms with Crippen molar-refractivity contribution in [3.63, 3.8) is 0 Å². The fourth-order valence-electron chi connectivity index (χ4n) is 1.81. The molecule has 1 fully saturated rings. The number of hydrogen-bond acceptors (Lipinski definition) is 3.